The molecule has 172 valence electrons. The number of guanidine groups is 1. The quantitative estimate of drug-likeness (QED) is 0.280. The fourth-order valence-electron chi connectivity index (χ4n) is 3.71. The van der Waals surface area contributed by atoms with Gasteiger partial charge in [0, 0.05) is 37.6 Å². The lowest BCUT2D eigenvalue weighted by molar-refractivity contribution is 0.0513. The molecule has 0 amide bonds. The number of aliphatic imine (C=N–C) groups is 1. The second kappa shape index (κ2) is 12.6. The van der Waals surface area contributed by atoms with Gasteiger partial charge in [0.05, 0.1) is 18.8 Å². The van der Waals surface area contributed by atoms with E-state index in [0.717, 1.165) is 55.0 Å². The Balaban J connectivity index is 0.00000341. The van der Waals surface area contributed by atoms with E-state index >= 15 is 0 Å². The van der Waals surface area contributed by atoms with Crippen molar-refractivity contribution in [2.45, 2.75) is 51.5 Å². The molecule has 1 saturated heterocycles. The van der Waals surface area contributed by atoms with Crippen LogP contribution in [0.15, 0.2) is 34.6 Å². The zero-order valence-corrected chi connectivity index (χ0v) is 22.1. The Labute approximate surface area is 207 Å². The Bertz CT molecular complexity index is 817. The van der Waals surface area contributed by atoms with Crippen LogP contribution in [-0.2, 0) is 16.7 Å². The number of thiazole rings is 1. The van der Waals surface area contributed by atoms with Crippen molar-refractivity contribution in [2.24, 2.45) is 4.99 Å². The number of ether oxygens (including phenoxy) is 2. The van der Waals surface area contributed by atoms with Crippen LogP contribution in [0.3, 0.4) is 0 Å². The predicted octanol–water partition coefficient (Wildman–Crippen LogP) is 4.70. The summed E-state index contributed by atoms with van der Waals surface area (Å²) in [7, 11) is 1.81. The monoisotopic (exact) mass is 558 g/mol. The molecule has 1 aromatic heterocycles. The third kappa shape index (κ3) is 7.05. The fraction of sp³-hybridized carbons (Fsp3) is 0.565. The standard InChI is InChI=1S/C23H34N4O2S.HI/c1-5-29-19-8-6-18(7-9-19)23(10-12-28-13-11-23)16-26-22(24-4)25-14-21-27-20(15-30-21)17(2)3;/h6-9,15,17H,5,10-14,16H2,1-4H3,(H2,24,25,26);1H. The van der Waals surface area contributed by atoms with E-state index in [0.29, 0.717) is 19.1 Å². The minimum absolute atomic E-state index is 0. The van der Waals surface area contributed by atoms with Crippen LogP contribution >= 0.6 is 35.3 Å². The summed E-state index contributed by atoms with van der Waals surface area (Å²) >= 11 is 1.69. The van der Waals surface area contributed by atoms with E-state index in [2.05, 4.69) is 59.1 Å². The highest BCUT2D eigenvalue weighted by Gasteiger charge is 2.34. The lowest BCUT2D eigenvalue weighted by Gasteiger charge is -2.38. The summed E-state index contributed by atoms with van der Waals surface area (Å²) in [6, 6.07) is 8.52. The number of halogens is 1. The van der Waals surface area contributed by atoms with Crippen LogP contribution < -0.4 is 15.4 Å². The summed E-state index contributed by atoms with van der Waals surface area (Å²) in [4.78, 5) is 9.11. The third-order valence-corrected chi connectivity index (χ3v) is 6.48. The molecule has 1 fully saturated rings. The van der Waals surface area contributed by atoms with Crippen LogP contribution in [0.5, 0.6) is 5.75 Å². The lowest BCUT2D eigenvalue weighted by atomic mass is 9.74. The molecule has 0 spiro atoms. The summed E-state index contributed by atoms with van der Waals surface area (Å²) in [5, 5.41) is 10.2. The zero-order valence-electron chi connectivity index (χ0n) is 18.9. The summed E-state index contributed by atoms with van der Waals surface area (Å²) in [5.74, 6) is 2.17. The molecule has 2 N–H and O–H groups in total. The summed E-state index contributed by atoms with van der Waals surface area (Å²) in [5.41, 5.74) is 2.49. The van der Waals surface area contributed by atoms with Crippen LogP contribution in [0, 0.1) is 0 Å². The Morgan fingerprint density at radius 2 is 1.94 bits per heavy atom. The molecule has 0 atom stereocenters. The maximum absolute atomic E-state index is 5.66. The molecule has 0 radical (unpaired) electrons. The van der Waals surface area contributed by atoms with Gasteiger partial charge in [-0.2, -0.15) is 0 Å². The molecule has 0 bridgehead atoms. The molecule has 1 aliphatic heterocycles. The average molecular weight is 559 g/mol. The molecule has 0 saturated carbocycles. The van der Waals surface area contributed by atoms with Crippen LogP contribution in [0.4, 0.5) is 0 Å². The number of nitrogens with zero attached hydrogens (tertiary/aromatic N) is 2. The van der Waals surface area contributed by atoms with Crippen molar-refractivity contribution in [3.05, 3.63) is 45.9 Å². The van der Waals surface area contributed by atoms with Crippen molar-refractivity contribution >= 4 is 41.3 Å². The number of aromatic nitrogens is 1. The second-order valence-corrected chi connectivity index (χ2v) is 8.89. The zero-order chi connectivity index (χ0) is 21.4. The Morgan fingerprint density at radius 1 is 1.23 bits per heavy atom. The molecular weight excluding hydrogens is 523 g/mol. The van der Waals surface area contributed by atoms with Gasteiger partial charge >= 0.3 is 0 Å². The van der Waals surface area contributed by atoms with E-state index in [9.17, 15) is 0 Å². The smallest absolute Gasteiger partial charge is 0.191 e. The van der Waals surface area contributed by atoms with Gasteiger partial charge in [0.1, 0.15) is 10.8 Å². The van der Waals surface area contributed by atoms with Gasteiger partial charge < -0.3 is 20.1 Å². The number of hydrogen-bond donors (Lipinski definition) is 2. The van der Waals surface area contributed by atoms with Gasteiger partial charge in [-0.15, -0.1) is 35.3 Å². The number of benzene rings is 1. The predicted molar refractivity (Wildman–Crippen MR) is 139 cm³/mol. The molecule has 0 aliphatic carbocycles. The van der Waals surface area contributed by atoms with E-state index in [4.69, 9.17) is 14.5 Å². The minimum atomic E-state index is 0. The normalized spacial score (nSPS) is 16.0. The number of rotatable bonds is 8. The lowest BCUT2D eigenvalue weighted by Crippen LogP contribution is -2.47. The molecule has 2 heterocycles. The highest BCUT2D eigenvalue weighted by atomic mass is 127. The average Bonchev–Trinajstić information content (AvgIpc) is 3.25. The molecule has 6 nitrogen and oxygen atoms in total. The van der Waals surface area contributed by atoms with Gasteiger partial charge in [0.15, 0.2) is 5.96 Å². The van der Waals surface area contributed by atoms with Gasteiger partial charge in [-0.05, 0) is 43.4 Å². The fourth-order valence-corrected chi connectivity index (χ4v) is 4.60. The molecule has 2 aromatic rings. The van der Waals surface area contributed by atoms with Crippen LogP contribution in [0.2, 0.25) is 0 Å². The maximum Gasteiger partial charge on any atom is 0.191 e. The van der Waals surface area contributed by atoms with Crippen molar-refractivity contribution in [1.82, 2.24) is 15.6 Å². The van der Waals surface area contributed by atoms with Crippen LogP contribution in [-0.4, -0.2) is 44.4 Å². The number of nitrogens with one attached hydrogen (secondary N) is 2. The Hall–Kier alpha value is -1.39. The van der Waals surface area contributed by atoms with E-state index in [1.807, 2.05) is 14.0 Å². The maximum atomic E-state index is 5.66. The van der Waals surface area contributed by atoms with Gasteiger partial charge in [-0.1, -0.05) is 26.0 Å². The van der Waals surface area contributed by atoms with E-state index < -0.39 is 0 Å². The molecule has 0 unspecified atom stereocenters. The topological polar surface area (TPSA) is 67.8 Å². The Morgan fingerprint density at radius 3 is 2.52 bits per heavy atom. The van der Waals surface area contributed by atoms with Gasteiger partial charge in [-0.25, -0.2) is 4.98 Å². The van der Waals surface area contributed by atoms with E-state index in [1.54, 1.807) is 11.3 Å². The van der Waals surface area contributed by atoms with Crippen molar-refractivity contribution in [3.63, 3.8) is 0 Å². The highest BCUT2D eigenvalue weighted by molar-refractivity contribution is 14.0. The van der Waals surface area contributed by atoms with Gasteiger partial charge in [0.25, 0.3) is 0 Å². The van der Waals surface area contributed by atoms with Crippen molar-refractivity contribution < 1.29 is 9.47 Å². The largest absolute Gasteiger partial charge is 0.494 e. The van der Waals surface area contributed by atoms with E-state index in [-0.39, 0.29) is 29.4 Å². The molecular formula is C23H35IN4O2S. The summed E-state index contributed by atoms with van der Waals surface area (Å²) in [6.45, 7) is 10.1. The molecule has 3 rings (SSSR count). The molecule has 1 aliphatic rings. The first-order valence-electron chi connectivity index (χ1n) is 10.8. The highest BCUT2D eigenvalue weighted by Crippen LogP contribution is 2.35. The van der Waals surface area contributed by atoms with Crippen molar-refractivity contribution in [2.75, 3.05) is 33.4 Å². The summed E-state index contributed by atoms with van der Waals surface area (Å²) in [6.07, 6.45) is 1.96. The Kier molecular flexibility index (Phi) is 10.5. The van der Waals surface area contributed by atoms with Crippen LogP contribution in [0.25, 0.3) is 0 Å². The SMILES string of the molecule is CCOc1ccc(C2(CNC(=NC)NCc3nc(C(C)C)cs3)CCOCC2)cc1.I. The summed E-state index contributed by atoms with van der Waals surface area (Å²) < 4.78 is 11.3. The van der Waals surface area contributed by atoms with Gasteiger partial charge in [0.2, 0.25) is 0 Å². The third-order valence-electron chi connectivity index (χ3n) is 5.61. The van der Waals surface area contributed by atoms with E-state index in [1.165, 1.54) is 5.56 Å². The first-order valence-corrected chi connectivity index (χ1v) is 11.6. The van der Waals surface area contributed by atoms with Crippen molar-refractivity contribution in [3.8, 4) is 5.75 Å². The number of hydrogen-bond acceptors (Lipinski definition) is 5. The minimum Gasteiger partial charge on any atom is -0.494 e. The van der Waals surface area contributed by atoms with Crippen molar-refractivity contribution in [1.29, 1.82) is 0 Å². The molecule has 8 heteroatoms. The molecule has 1 aromatic carbocycles. The second-order valence-electron chi connectivity index (χ2n) is 7.95. The van der Waals surface area contributed by atoms with Crippen LogP contribution in [0.1, 0.15) is 55.8 Å². The first kappa shape index (κ1) is 25.9. The first-order chi connectivity index (χ1) is 14.6. The van der Waals surface area contributed by atoms with Gasteiger partial charge in [-0.3, -0.25) is 4.99 Å². The molecule has 31 heavy (non-hydrogen) atoms.